The van der Waals surface area contributed by atoms with Crippen LogP contribution in [0.15, 0.2) is 89.7 Å². The quantitative estimate of drug-likeness (QED) is 0.110. The van der Waals surface area contributed by atoms with Crippen molar-refractivity contribution >= 4 is 30.8 Å². The van der Waals surface area contributed by atoms with Crippen LogP contribution in [0.3, 0.4) is 0 Å². The number of carbonyl (C=O) groups is 2. The molecule has 1 aliphatic rings. The van der Waals surface area contributed by atoms with Crippen molar-refractivity contribution in [2.75, 3.05) is 59.5 Å². The van der Waals surface area contributed by atoms with Crippen molar-refractivity contribution in [3.05, 3.63) is 130 Å². The molecule has 0 saturated carbocycles. The van der Waals surface area contributed by atoms with Crippen molar-refractivity contribution in [2.24, 2.45) is 0 Å². The van der Waals surface area contributed by atoms with E-state index in [4.69, 9.17) is 23.9 Å². The van der Waals surface area contributed by atoms with E-state index in [1.54, 1.807) is 30.0 Å². The van der Waals surface area contributed by atoms with Gasteiger partial charge in [0.2, 0.25) is 11.8 Å². The fraction of sp³-hybridized carbons (Fsp3) is 0.347. The predicted octanol–water partition coefficient (Wildman–Crippen LogP) is 6.06. The van der Waals surface area contributed by atoms with E-state index >= 15 is 0 Å². The Hall–Kier alpha value is -6.44. The molecule has 4 heterocycles. The largest absolute Gasteiger partial charge is 0.507 e. The number of likely N-dealkylation sites (N-methyl/N-ethyl adjacent to an activating group) is 1. The van der Waals surface area contributed by atoms with Crippen LogP contribution in [0.2, 0.25) is 0 Å². The zero-order chi connectivity index (χ0) is 44.0. The third kappa shape index (κ3) is 9.85. The number of carbonyl (C=O) groups excluding carboxylic acids is 2. The van der Waals surface area contributed by atoms with Gasteiger partial charge in [-0.1, -0.05) is 87.7 Å². The first-order valence-corrected chi connectivity index (χ1v) is 21.1. The van der Waals surface area contributed by atoms with Crippen LogP contribution in [0.25, 0.3) is 30.1 Å². The molecule has 2 N–H and O–H groups in total. The van der Waals surface area contributed by atoms with Gasteiger partial charge in [0.1, 0.15) is 23.0 Å². The molecular formula is C49H56N6O7. The van der Waals surface area contributed by atoms with Gasteiger partial charge in [-0.3, -0.25) is 14.1 Å². The van der Waals surface area contributed by atoms with Crippen LogP contribution < -0.4 is 15.2 Å². The molecule has 13 nitrogen and oxygen atoms in total. The summed E-state index contributed by atoms with van der Waals surface area (Å²) in [5, 5.41) is 22.4. The van der Waals surface area contributed by atoms with E-state index in [1.807, 2.05) is 97.2 Å². The van der Waals surface area contributed by atoms with Crippen molar-refractivity contribution in [2.45, 2.75) is 51.9 Å². The molecule has 1 saturated heterocycles. The van der Waals surface area contributed by atoms with Gasteiger partial charge in [0, 0.05) is 97.9 Å². The molecule has 3 aromatic heterocycles. The van der Waals surface area contributed by atoms with Crippen LogP contribution in [-0.4, -0.2) is 111 Å². The number of morpholine rings is 1. The van der Waals surface area contributed by atoms with Crippen molar-refractivity contribution in [3.63, 3.8) is 0 Å². The zero-order valence-corrected chi connectivity index (χ0v) is 36.1. The average molecular weight is 841 g/mol. The topological polar surface area (TPSA) is 146 Å². The number of amides is 2. The van der Waals surface area contributed by atoms with Crippen LogP contribution in [-0.2, 0) is 27.8 Å². The third-order valence-corrected chi connectivity index (χ3v) is 11.7. The van der Waals surface area contributed by atoms with E-state index in [9.17, 15) is 19.8 Å². The van der Waals surface area contributed by atoms with E-state index in [0.29, 0.717) is 71.7 Å². The smallest absolute Gasteiger partial charge is 0.416 e. The summed E-state index contributed by atoms with van der Waals surface area (Å²) in [5.74, 6) is 0.562. The Kier molecular flexibility index (Phi) is 13.4. The van der Waals surface area contributed by atoms with Gasteiger partial charge in [0.05, 0.1) is 37.3 Å². The van der Waals surface area contributed by atoms with Gasteiger partial charge >= 0.3 is 6.09 Å². The summed E-state index contributed by atoms with van der Waals surface area (Å²) in [5.41, 5.74) is 4.36. The van der Waals surface area contributed by atoms with Crippen molar-refractivity contribution in [1.29, 1.82) is 0 Å². The number of aromatic nitrogens is 3. The second kappa shape index (κ2) is 19.1. The van der Waals surface area contributed by atoms with Crippen LogP contribution in [0.1, 0.15) is 60.5 Å². The number of furan rings is 1. The molecule has 6 aromatic rings. The summed E-state index contributed by atoms with van der Waals surface area (Å²) in [4.78, 5) is 44.2. The minimum atomic E-state index is -0.902. The normalized spacial score (nSPS) is 13.4. The molecule has 0 unspecified atom stereocenters. The van der Waals surface area contributed by atoms with Gasteiger partial charge in [-0.2, -0.15) is 0 Å². The fourth-order valence-electron chi connectivity index (χ4n) is 8.03. The molecule has 0 aliphatic carbocycles. The molecule has 1 aliphatic heterocycles. The van der Waals surface area contributed by atoms with E-state index in [0.717, 1.165) is 36.5 Å². The lowest BCUT2D eigenvalue weighted by atomic mass is 9.78. The Morgan fingerprint density at radius 2 is 1.58 bits per heavy atom. The van der Waals surface area contributed by atoms with Crippen molar-refractivity contribution < 1.29 is 33.7 Å². The number of ether oxygens (including phenoxy) is 2. The second-order valence-electron chi connectivity index (χ2n) is 16.6. The molecule has 2 amide bonds. The molecule has 0 spiro atoms. The van der Waals surface area contributed by atoms with Gasteiger partial charge in [0.25, 0.3) is 0 Å². The Labute approximate surface area is 362 Å². The SMILES string of the molecule is C=c1c(C)c(O)c(=C)c(C(C)(C)CC(=O)N(C)CCN(CCCN2CCOCC2)C(=O)Oc2c(Cc3ccco3)nc3c(Cc4ccccc4)nc(-c4ccccc4)cn23)c1O. The number of nitrogens with zero attached hydrogens (tertiary/aromatic N) is 6. The van der Waals surface area contributed by atoms with Gasteiger partial charge in [-0.15, -0.1) is 0 Å². The first-order valence-electron chi connectivity index (χ1n) is 21.1. The molecule has 7 rings (SSSR count). The minimum absolute atomic E-state index is 0.00402. The molecule has 62 heavy (non-hydrogen) atoms. The summed E-state index contributed by atoms with van der Waals surface area (Å²) in [6.07, 6.45) is 4.32. The van der Waals surface area contributed by atoms with E-state index in [2.05, 4.69) is 18.1 Å². The number of fused-ring (bicyclic) bond motifs is 1. The number of hydrogen-bond donors (Lipinski definition) is 2. The number of aromatic hydroxyl groups is 2. The summed E-state index contributed by atoms with van der Waals surface area (Å²) in [6.45, 7) is 17.8. The van der Waals surface area contributed by atoms with E-state index < -0.39 is 11.5 Å². The van der Waals surface area contributed by atoms with Crippen molar-refractivity contribution in [1.82, 2.24) is 29.1 Å². The number of imidazole rings is 1. The summed E-state index contributed by atoms with van der Waals surface area (Å²) in [7, 11) is 1.69. The first kappa shape index (κ1) is 43.6. The van der Waals surface area contributed by atoms with Crippen LogP contribution in [0, 0.1) is 6.92 Å². The lowest BCUT2D eigenvalue weighted by Crippen LogP contribution is -2.44. The molecule has 3 aromatic carbocycles. The maximum atomic E-state index is 14.6. The van der Waals surface area contributed by atoms with E-state index in [1.165, 1.54) is 0 Å². The molecule has 324 valence electrons. The van der Waals surface area contributed by atoms with E-state index in [-0.39, 0.29) is 54.4 Å². The number of phenolic OH excluding ortho intramolecular Hbond substituents is 2. The third-order valence-electron chi connectivity index (χ3n) is 11.7. The molecule has 0 bridgehead atoms. The van der Waals surface area contributed by atoms with Crippen molar-refractivity contribution in [3.8, 4) is 28.6 Å². The van der Waals surface area contributed by atoms with Gasteiger partial charge in [0.15, 0.2) is 5.65 Å². The zero-order valence-electron chi connectivity index (χ0n) is 36.1. The highest BCUT2D eigenvalue weighted by Crippen LogP contribution is 2.33. The Bertz CT molecular complexity index is 2600. The number of phenols is 2. The van der Waals surface area contributed by atoms with Crippen LogP contribution in [0.4, 0.5) is 4.79 Å². The standard InChI is InChI=1S/C49H56N6O7/c1-33-34(2)45(58)43(35(3)44(33)57)49(4,5)31-42(56)52(6)22-23-54(21-14-20-53-24-27-60-28-25-53)48(59)62-47-40(30-38-19-13-26-61-38)51-46-39(29-36-15-9-7-10-16-36)50-41(32-55(46)47)37-17-11-8-12-18-37/h7-13,15-19,26,32,57-58H,2-3,14,20-25,27-31H2,1,4-6H3. The minimum Gasteiger partial charge on any atom is -0.507 e. The molecule has 1 fully saturated rings. The van der Waals surface area contributed by atoms with Crippen LogP contribution in [0.5, 0.6) is 17.4 Å². The Morgan fingerprint density at radius 1 is 0.871 bits per heavy atom. The average Bonchev–Trinajstić information content (AvgIpc) is 3.91. The Balaban J connectivity index is 1.19. The predicted molar refractivity (Wildman–Crippen MR) is 239 cm³/mol. The monoisotopic (exact) mass is 840 g/mol. The molecule has 0 radical (unpaired) electrons. The molecule has 13 heteroatoms. The number of rotatable bonds is 16. The molecule has 0 atom stereocenters. The summed E-state index contributed by atoms with van der Waals surface area (Å²) >= 11 is 0. The van der Waals surface area contributed by atoms with Gasteiger partial charge < -0.3 is 33.9 Å². The summed E-state index contributed by atoms with van der Waals surface area (Å²) < 4.78 is 19.6. The van der Waals surface area contributed by atoms with Gasteiger partial charge in [-0.25, -0.2) is 14.8 Å². The number of hydrogen-bond acceptors (Lipinski definition) is 10. The molecular weight excluding hydrogens is 785 g/mol. The Morgan fingerprint density at radius 3 is 2.27 bits per heavy atom. The fourth-order valence-corrected chi connectivity index (χ4v) is 8.03. The number of benzene rings is 3. The van der Waals surface area contributed by atoms with Gasteiger partial charge in [-0.05, 0) is 31.0 Å². The lowest BCUT2D eigenvalue weighted by Gasteiger charge is -2.31. The highest BCUT2D eigenvalue weighted by Gasteiger charge is 2.32. The maximum Gasteiger partial charge on any atom is 0.416 e. The highest BCUT2D eigenvalue weighted by atomic mass is 16.6. The maximum absolute atomic E-state index is 14.6. The van der Waals surface area contributed by atoms with Crippen LogP contribution >= 0.6 is 0 Å². The highest BCUT2D eigenvalue weighted by molar-refractivity contribution is 5.78. The lowest BCUT2D eigenvalue weighted by molar-refractivity contribution is -0.131. The second-order valence-corrected chi connectivity index (χ2v) is 16.6. The summed E-state index contributed by atoms with van der Waals surface area (Å²) in [6, 6.07) is 23.6. The first-order chi connectivity index (χ1) is 29.8.